The van der Waals surface area contributed by atoms with Gasteiger partial charge >= 0.3 is 0 Å². The van der Waals surface area contributed by atoms with Gasteiger partial charge in [0.25, 0.3) is 0 Å². The fourth-order valence-corrected chi connectivity index (χ4v) is 3.76. The topological polar surface area (TPSA) is 27.7 Å². The molecule has 0 radical (unpaired) electrons. The van der Waals surface area contributed by atoms with Gasteiger partial charge in [0, 0.05) is 12.8 Å². The highest BCUT2D eigenvalue weighted by Gasteiger charge is 2.15. The summed E-state index contributed by atoms with van der Waals surface area (Å²) in [5, 5.41) is 0. The van der Waals surface area contributed by atoms with Crippen molar-refractivity contribution < 1.29 is 14.2 Å². The summed E-state index contributed by atoms with van der Waals surface area (Å²) in [5.41, 5.74) is 2.70. The van der Waals surface area contributed by atoms with Crippen LogP contribution in [0.25, 0.3) is 0 Å². The minimum atomic E-state index is 0.146. The normalized spacial score (nSPS) is 13.4. The van der Waals surface area contributed by atoms with Crippen LogP contribution in [0.2, 0.25) is 0 Å². The zero-order valence-electron chi connectivity index (χ0n) is 16.2. The monoisotopic (exact) mass is 406 g/mol. The maximum absolute atomic E-state index is 6.22. The molecule has 5 heteroatoms. The molecule has 0 fully saturated rings. The molecule has 3 nitrogen and oxygen atoms in total. The maximum atomic E-state index is 6.22. The molecule has 2 rings (SSSR count). The first kappa shape index (κ1) is 22.3. The van der Waals surface area contributed by atoms with Crippen molar-refractivity contribution in [2.24, 2.45) is 0 Å². The van der Waals surface area contributed by atoms with E-state index in [1.807, 2.05) is 36.4 Å². The van der Waals surface area contributed by atoms with Gasteiger partial charge in [-0.15, -0.1) is 23.5 Å². The van der Waals surface area contributed by atoms with E-state index in [0.717, 1.165) is 12.8 Å². The summed E-state index contributed by atoms with van der Waals surface area (Å²) in [6.07, 6.45) is 5.95. The lowest BCUT2D eigenvalue weighted by atomic mass is 10.2. The van der Waals surface area contributed by atoms with E-state index in [-0.39, 0.29) is 10.9 Å². The van der Waals surface area contributed by atoms with Gasteiger partial charge in [0.05, 0.1) is 26.4 Å². The van der Waals surface area contributed by atoms with Crippen LogP contribution in [0.4, 0.5) is 0 Å². The standard InChI is InChI=1S/C22H30O3S2/c1-26-21(13-15-23-17-19-9-5-3-6-10-19)25-22(27-2)14-16-24-18-20-11-7-4-8-12-20/h3-12,21-22H,13-18H2,1-2H3. The van der Waals surface area contributed by atoms with Crippen molar-refractivity contribution in [1.29, 1.82) is 0 Å². The minimum Gasteiger partial charge on any atom is -0.377 e. The molecule has 0 aliphatic rings. The molecule has 2 aromatic carbocycles. The Hall–Kier alpha value is -0.980. The van der Waals surface area contributed by atoms with E-state index >= 15 is 0 Å². The first-order chi connectivity index (χ1) is 13.3. The van der Waals surface area contributed by atoms with Crippen LogP contribution in [0, 0.1) is 0 Å². The van der Waals surface area contributed by atoms with Crippen LogP contribution in [0.5, 0.6) is 0 Å². The lowest BCUT2D eigenvalue weighted by Crippen LogP contribution is -2.20. The van der Waals surface area contributed by atoms with Gasteiger partial charge in [0.15, 0.2) is 0 Å². The van der Waals surface area contributed by atoms with E-state index < -0.39 is 0 Å². The van der Waals surface area contributed by atoms with E-state index in [2.05, 4.69) is 36.8 Å². The molecule has 0 aliphatic heterocycles. The second kappa shape index (κ2) is 14.1. The Kier molecular flexibility index (Phi) is 11.6. The zero-order valence-corrected chi connectivity index (χ0v) is 17.8. The van der Waals surface area contributed by atoms with E-state index in [1.54, 1.807) is 23.5 Å². The molecule has 0 heterocycles. The van der Waals surface area contributed by atoms with E-state index in [4.69, 9.17) is 14.2 Å². The maximum Gasteiger partial charge on any atom is 0.106 e. The number of hydrogen-bond donors (Lipinski definition) is 0. The molecule has 2 atom stereocenters. The van der Waals surface area contributed by atoms with Crippen LogP contribution < -0.4 is 0 Å². The van der Waals surface area contributed by atoms with E-state index in [1.165, 1.54) is 11.1 Å². The second-order valence-corrected chi connectivity index (χ2v) is 8.11. The number of ether oxygens (including phenoxy) is 3. The summed E-state index contributed by atoms with van der Waals surface area (Å²) in [5.74, 6) is 0. The predicted molar refractivity (Wildman–Crippen MR) is 117 cm³/mol. The first-order valence-corrected chi connectivity index (χ1v) is 11.8. The van der Waals surface area contributed by atoms with Gasteiger partial charge in [0.2, 0.25) is 0 Å². The van der Waals surface area contributed by atoms with Crippen LogP contribution in [-0.2, 0) is 27.4 Å². The highest BCUT2D eigenvalue weighted by molar-refractivity contribution is 7.99. The third-order valence-electron chi connectivity index (χ3n) is 4.05. The van der Waals surface area contributed by atoms with Crippen molar-refractivity contribution in [3.05, 3.63) is 71.8 Å². The van der Waals surface area contributed by atoms with Gasteiger partial charge in [-0.05, 0) is 23.6 Å². The summed E-state index contributed by atoms with van der Waals surface area (Å²) < 4.78 is 17.8. The van der Waals surface area contributed by atoms with Crippen LogP contribution in [0.15, 0.2) is 60.7 Å². The highest BCUT2D eigenvalue weighted by atomic mass is 32.2. The Bertz CT molecular complexity index is 542. The lowest BCUT2D eigenvalue weighted by Gasteiger charge is -2.22. The van der Waals surface area contributed by atoms with Crippen molar-refractivity contribution in [3.8, 4) is 0 Å². The Morgan fingerprint density at radius 1 is 0.667 bits per heavy atom. The zero-order chi connectivity index (χ0) is 19.2. The molecule has 0 saturated carbocycles. The quantitative estimate of drug-likeness (QED) is 0.301. The minimum absolute atomic E-state index is 0.146. The van der Waals surface area contributed by atoms with Crippen LogP contribution in [-0.4, -0.2) is 36.6 Å². The SMILES string of the molecule is CSC(CCOCc1ccccc1)OC(CCOCc1ccccc1)SC. The molecule has 0 saturated heterocycles. The fraction of sp³-hybridized carbons (Fsp3) is 0.455. The van der Waals surface area contributed by atoms with Crippen LogP contribution in [0.1, 0.15) is 24.0 Å². The number of thioether (sulfide) groups is 2. The van der Waals surface area contributed by atoms with E-state index in [9.17, 15) is 0 Å². The Balaban J connectivity index is 1.60. The molecule has 0 amide bonds. The Morgan fingerprint density at radius 2 is 1.07 bits per heavy atom. The van der Waals surface area contributed by atoms with Crippen LogP contribution in [0.3, 0.4) is 0 Å². The van der Waals surface area contributed by atoms with Crippen molar-refractivity contribution in [1.82, 2.24) is 0 Å². The molecule has 2 aromatic rings. The molecule has 0 N–H and O–H groups in total. The molecule has 0 spiro atoms. The Labute approximate surface area is 172 Å². The number of rotatable bonds is 14. The highest BCUT2D eigenvalue weighted by Crippen LogP contribution is 2.22. The van der Waals surface area contributed by atoms with Gasteiger partial charge in [-0.25, -0.2) is 0 Å². The molecule has 148 valence electrons. The summed E-state index contributed by atoms with van der Waals surface area (Å²) >= 11 is 3.48. The van der Waals surface area contributed by atoms with Gasteiger partial charge in [-0.1, -0.05) is 60.7 Å². The van der Waals surface area contributed by atoms with Crippen LogP contribution >= 0.6 is 23.5 Å². The van der Waals surface area contributed by atoms with Gasteiger partial charge in [-0.2, -0.15) is 0 Å². The van der Waals surface area contributed by atoms with Crippen molar-refractivity contribution in [2.75, 3.05) is 25.7 Å². The van der Waals surface area contributed by atoms with Crippen molar-refractivity contribution >= 4 is 23.5 Å². The van der Waals surface area contributed by atoms with Gasteiger partial charge < -0.3 is 14.2 Å². The summed E-state index contributed by atoms with van der Waals surface area (Å²) in [4.78, 5) is 0. The molecule has 0 bridgehead atoms. The largest absolute Gasteiger partial charge is 0.377 e. The molecule has 2 unspecified atom stereocenters. The average Bonchev–Trinajstić information content (AvgIpc) is 2.73. The van der Waals surface area contributed by atoms with Crippen molar-refractivity contribution in [3.63, 3.8) is 0 Å². The van der Waals surface area contributed by atoms with Crippen molar-refractivity contribution in [2.45, 2.75) is 36.9 Å². The second-order valence-electron chi connectivity index (χ2n) is 6.12. The summed E-state index contributed by atoms with van der Waals surface area (Å²) in [6, 6.07) is 20.5. The predicted octanol–water partition coefficient (Wildman–Crippen LogP) is 5.60. The first-order valence-electron chi connectivity index (χ1n) is 9.26. The summed E-state index contributed by atoms with van der Waals surface area (Å²) in [7, 11) is 0. The Morgan fingerprint density at radius 3 is 1.44 bits per heavy atom. The molecule has 27 heavy (non-hydrogen) atoms. The third kappa shape index (κ3) is 9.67. The third-order valence-corrected chi connectivity index (χ3v) is 5.79. The van der Waals surface area contributed by atoms with E-state index in [0.29, 0.717) is 26.4 Å². The molecule has 0 aliphatic carbocycles. The molecule has 0 aromatic heterocycles. The lowest BCUT2D eigenvalue weighted by molar-refractivity contribution is 0.0298. The van der Waals surface area contributed by atoms with Gasteiger partial charge in [-0.3, -0.25) is 0 Å². The fourth-order valence-electron chi connectivity index (χ4n) is 2.54. The smallest absolute Gasteiger partial charge is 0.106 e. The average molecular weight is 407 g/mol. The molecular formula is C22H30O3S2. The summed E-state index contributed by atoms with van der Waals surface area (Å²) in [6.45, 7) is 2.71. The van der Waals surface area contributed by atoms with Gasteiger partial charge in [0.1, 0.15) is 10.9 Å². The number of hydrogen-bond acceptors (Lipinski definition) is 5. The molecular weight excluding hydrogens is 376 g/mol. The number of benzene rings is 2.